The lowest BCUT2D eigenvalue weighted by Crippen LogP contribution is -2.15. The Bertz CT molecular complexity index is 920. The van der Waals surface area contributed by atoms with Crippen LogP contribution < -0.4 is 15.6 Å². The summed E-state index contributed by atoms with van der Waals surface area (Å²) in [6.45, 7) is 0. The van der Waals surface area contributed by atoms with E-state index < -0.39 is 0 Å². The van der Waals surface area contributed by atoms with E-state index in [9.17, 15) is 9.59 Å². The van der Waals surface area contributed by atoms with E-state index in [1.54, 1.807) is 19.2 Å². The third-order valence-corrected chi connectivity index (χ3v) is 5.04. The fourth-order valence-corrected chi connectivity index (χ4v) is 3.54. The molecule has 8 heteroatoms. The van der Waals surface area contributed by atoms with Crippen LogP contribution >= 0.6 is 23.1 Å². The highest BCUT2D eigenvalue weighted by molar-refractivity contribution is 7.99. The van der Waals surface area contributed by atoms with Crippen LogP contribution in [0.15, 0.2) is 40.5 Å². The van der Waals surface area contributed by atoms with Gasteiger partial charge in [-0.15, -0.1) is 23.1 Å². The van der Waals surface area contributed by atoms with Crippen LogP contribution in [0.1, 0.15) is 5.82 Å². The van der Waals surface area contributed by atoms with Crippen molar-refractivity contribution in [1.29, 1.82) is 0 Å². The molecule has 6 nitrogen and oxygen atoms in total. The molecule has 0 spiro atoms. The summed E-state index contributed by atoms with van der Waals surface area (Å²) in [5.74, 6) is 1.87. The van der Waals surface area contributed by atoms with E-state index in [-0.39, 0.29) is 17.2 Å². The van der Waals surface area contributed by atoms with Crippen molar-refractivity contribution in [1.82, 2.24) is 9.97 Å². The molecule has 0 saturated carbocycles. The normalized spacial score (nSPS) is 10.7. The molecule has 3 rings (SSSR count). The first-order valence-corrected chi connectivity index (χ1v) is 9.17. The lowest BCUT2D eigenvalue weighted by molar-refractivity contribution is -0.113. The first-order chi connectivity index (χ1) is 11.7. The summed E-state index contributed by atoms with van der Waals surface area (Å²) in [5.41, 5.74) is 1.25. The van der Waals surface area contributed by atoms with E-state index in [4.69, 9.17) is 4.74 Å². The van der Waals surface area contributed by atoms with Gasteiger partial charge in [0.2, 0.25) is 5.91 Å². The Morgan fingerprint density at radius 2 is 2.29 bits per heavy atom. The molecule has 2 aromatic heterocycles. The van der Waals surface area contributed by atoms with E-state index in [0.717, 1.165) is 0 Å². The number of thioether (sulfide) groups is 1. The lowest BCUT2D eigenvalue weighted by atomic mass is 10.3. The Hall–Kier alpha value is -2.32. The minimum Gasteiger partial charge on any atom is -0.497 e. The van der Waals surface area contributed by atoms with Gasteiger partial charge in [-0.2, -0.15) is 0 Å². The van der Waals surface area contributed by atoms with Crippen LogP contribution in [0.25, 0.3) is 10.2 Å². The van der Waals surface area contributed by atoms with Gasteiger partial charge >= 0.3 is 0 Å². The number of hydrogen-bond donors (Lipinski definition) is 2. The highest BCUT2D eigenvalue weighted by Crippen LogP contribution is 2.18. The van der Waals surface area contributed by atoms with Gasteiger partial charge in [0.1, 0.15) is 16.3 Å². The number of ether oxygens (including phenoxy) is 1. The van der Waals surface area contributed by atoms with E-state index in [1.807, 2.05) is 23.6 Å². The van der Waals surface area contributed by atoms with Crippen molar-refractivity contribution in [2.24, 2.45) is 0 Å². The zero-order valence-electron chi connectivity index (χ0n) is 12.9. The van der Waals surface area contributed by atoms with Gasteiger partial charge < -0.3 is 15.0 Å². The van der Waals surface area contributed by atoms with Crippen molar-refractivity contribution in [2.45, 2.75) is 5.75 Å². The molecule has 2 heterocycles. The topological polar surface area (TPSA) is 84.1 Å². The standard InChI is InChI=1S/C16H15N3O3S2/c1-22-11-4-2-3-10(7-11)17-14(20)9-23-8-13-18-12-5-6-24-15(12)16(21)19-13/h2-7H,8-9H2,1H3,(H,17,20)(H,18,19,21). The van der Waals surface area contributed by atoms with Crippen LogP contribution in [-0.4, -0.2) is 28.7 Å². The number of aromatic amines is 1. The molecule has 0 bridgehead atoms. The summed E-state index contributed by atoms with van der Waals surface area (Å²) in [6.07, 6.45) is 0. The van der Waals surface area contributed by atoms with Gasteiger partial charge in [0.15, 0.2) is 0 Å². The molecule has 124 valence electrons. The fourth-order valence-electron chi connectivity index (χ4n) is 2.13. The molecule has 0 atom stereocenters. The summed E-state index contributed by atoms with van der Waals surface area (Å²) in [7, 11) is 1.58. The number of thiophene rings is 1. The molecule has 24 heavy (non-hydrogen) atoms. The third-order valence-electron chi connectivity index (χ3n) is 3.19. The molecule has 2 N–H and O–H groups in total. The number of benzene rings is 1. The maximum Gasteiger partial charge on any atom is 0.268 e. The van der Waals surface area contributed by atoms with E-state index in [0.29, 0.717) is 33.2 Å². The lowest BCUT2D eigenvalue weighted by Gasteiger charge is -2.07. The molecule has 1 aromatic carbocycles. The van der Waals surface area contributed by atoms with Gasteiger partial charge in [0, 0.05) is 11.8 Å². The van der Waals surface area contributed by atoms with Crippen LogP contribution in [0.4, 0.5) is 5.69 Å². The zero-order valence-corrected chi connectivity index (χ0v) is 14.5. The summed E-state index contributed by atoms with van der Waals surface area (Å²) >= 11 is 2.76. The molecular formula is C16H15N3O3S2. The molecule has 3 aromatic rings. The Kier molecular flexibility index (Phi) is 5.17. The molecule has 0 aliphatic heterocycles. The zero-order chi connectivity index (χ0) is 16.9. The van der Waals surface area contributed by atoms with Gasteiger partial charge in [-0.3, -0.25) is 9.59 Å². The van der Waals surface area contributed by atoms with Crippen LogP contribution in [0, 0.1) is 0 Å². The summed E-state index contributed by atoms with van der Waals surface area (Å²) in [4.78, 5) is 31.0. The number of nitrogens with zero attached hydrogens (tertiary/aromatic N) is 1. The molecule has 0 fully saturated rings. The molecular weight excluding hydrogens is 346 g/mol. The Labute approximate surface area is 146 Å². The summed E-state index contributed by atoms with van der Waals surface area (Å²) in [5, 5.41) is 4.65. The van der Waals surface area contributed by atoms with Crippen molar-refractivity contribution in [3.05, 3.63) is 51.9 Å². The number of H-pyrrole nitrogens is 1. The number of fused-ring (bicyclic) bond motifs is 1. The summed E-state index contributed by atoms with van der Waals surface area (Å²) < 4.78 is 5.74. The molecule has 0 aliphatic carbocycles. The third kappa shape index (κ3) is 3.95. The largest absolute Gasteiger partial charge is 0.497 e. The van der Waals surface area contributed by atoms with Crippen LogP contribution in [0.3, 0.4) is 0 Å². The second kappa shape index (κ2) is 7.50. The second-order valence-electron chi connectivity index (χ2n) is 4.92. The molecule has 0 radical (unpaired) electrons. The minimum absolute atomic E-state index is 0.118. The average Bonchev–Trinajstić information content (AvgIpc) is 3.04. The highest BCUT2D eigenvalue weighted by atomic mass is 32.2. The smallest absolute Gasteiger partial charge is 0.268 e. The highest BCUT2D eigenvalue weighted by Gasteiger charge is 2.07. The number of carbonyl (C=O) groups excluding carboxylic acids is 1. The molecule has 0 unspecified atom stereocenters. The summed E-state index contributed by atoms with van der Waals surface area (Å²) in [6, 6.07) is 9.00. The average molecular weight is 361 g/mol. The SMILES string of the molecule is COc1cccc(NC(=O)CSCc2nc3ccsc3c(=O)[nH]2)c1. The van der Waals surface area contributed by atoms with E-state index >= 15 is 0 Å². The van der Waals surface area contributed by atoms with Crippen LogP contribution in [0.2, 0.25) is 0 Å². The van der Waals surface area contributed by atoms with E-state index in [1.165, 1.54) is 23.1 Å². The molecule has 0 saturated heterocycles. The number of methoxy groups -OCH3 is 1. The van der Waals surface area contributed by atoms with Gasteiger partial charge in [-0.05, 0) is 23.6 Å². The van der Waals surface area contributed by atoms with Crippen molar-refractivity contribution in [3.8, 4) is 5.75 Å². The molecule has 1 amide bonds. The maximum atomic E-state index is 12.0. The number of rotatable bonds is 6. The van der Waals surface area contributed by atoms with Crippen LogP contribution in [-0.2, 0) is 10.5 Å². The number of hydrogen-bond acceptors (Lipinski definition) is 6. The molecule has 0 aliphatic rings. The number of amides is 1. The number of nitrogens with one attached hydrogen (secondary N) is 2. The predicted octanol–water partition coefficient (Wildman–Crippen LogP) is 2.87. The Balaban J connectivity index is 1.55. The predicted molar refractivity (Wildman–Crippen MR) is 98.0 cm³/mol. The fraction of sp³-hybridized carbons (Fsp3) is 0.188. The van der Waals surface area contributed by atoms with Crippen molar-refractivity contribution in [3.63, 3.8) is 0 Å². The van der Waals surface area contributed by atoms with E-state index in [2.05, 4.69) is 15.3 Å². The minimum atomic E-state index is -0.133. The quantitative estimate of drug-likeness (QED) is 0.705. The van der Waals surface area contributed by atoms with Crippen molar-refractivity contribution < 1.29 is 9.53 Å². The van der Waals surface area contributed by atoms with Gasteiger partial charge in [0.25, 0.3) is 5.56 Å². The van der Waals surface area contributed by atoms with Crippen molar-refractivity contribution >= 4 is 44.9 Å². The number of aromatic nitrogens is 2. The maximum absolute atomic E-state index is 12.0. The van der Waals surface area contributed by atoms with Gasteiger partial charge in [-0.25, -0.2) is 4.98 Å². The first-order valence-electron chi connectivity index (χ1n) is 7.14. The van der Waals surface area contributed by atoms with Gasteiger partial charge in [-0.1, -0.05) is 6.07 Å². The number of anilines is 1. The number of carbonyl (C=O) groups is 1. The van der Waals surface area contributed by atoms with Gasteiger partial charge in [0.05, 0.1) is 24.1 Å². The first kappa shape index (κ1) is 16.5. The monoisotopic (exact) mass is 361 g/mol. The second-order valence-corrected chi connectivity index (χ2v) is 6.82. The van der Waals surface area contributed by atoms with Crippen LogP contribution in [0.5, 0.6) is 5.75 Å². The Morgan fingerprint density at radius 1 is 1.42 bits per heavy atom. The Morgan fingerprint density at radius 3 is 3.12 bits per heavy atom. The van der Waals surface area contributed by atoms with Crippen molar-refractivity contribution in [2.75, 3.05) is 18.2 Å².